The summed E-state index contributed by atoms with van der Waals surface area (Å²) in [5, 5.41) is 2.12. The van der Waals surface area contributed by atoms with Gasteiger partial charge in [-0.3, -0.25) is 4.90 Å². The molecular formula is C33H35NO3. The van der Waals surface area contributed by atoms with Crippen LogP contribution in [0.4, 0.5) is 0 Å². The smallest absolute Gasteiger partial charge is 0.143 e. The molecular weight excluding hydrogens is 458 g/mol. The molecule has 0 aromatic heterocycles. The van der Waals surface area contributed by atoms with Gasteiger partial charge in [0.1, 0.15) is 23.0 Å². The van der Waals surface area contributed by atoms with Crippen LogP contribution in [0.2, 0.25) is 0 Å². The largest absolute Gasteiger partial charge is 0.497 e. The number of rotatable bonds is 8. The zero-order valence-electron chi connectivity index (χ0n) is 21.8. The highest BCUT2D eigenvalue weighted by Crippen LogP contribution is 2.46. The molecule has 1 atom stereocenters. The van der Waals surface area contributed by atoms with Crippen LogP contribution >= 0.6 is 0 Å². The highest BCUT2D eigenvalue weighted by molar-refractivity contribution is 5.98. The van der Waals surface area contributed by atoms with Crippen molar-refractivity contribution in [3.05, 3.63) is 97.1 Å². The lowest BCUT2D eigenvalue weighted by Crippen LogP contribution is -2.29. The summed E-state index contributed by atoms with van der Waals surface area (Å²) >= 11 is 0. The Morgan fingerprint density at radius 3 is 2.08 bits per heavy atom. The first kappa shape index (κ1) is 24.9. The van der Waals surface area contributed by atoms with Crippen LogP contribution in [0, 0.1) is 0 Å². The average Bonchev–Trinajstić information content (AvgIpc) is 3.23. The van der Waals surface area contributed by atoms with Crippen LogP contribution in [-0.2, 0) is 0 Å². The van der Waals surface area contributed by atoms with E-state index in [4.69, 9.17) is 14.2 Å². The van der Waals surface area contributed by atoms with E-state index in [-0.39, 0.29) is 6.04 Å². The molecule has 0 aliphatic carbocycles. The van der Waals surface area contributed by atoms with Crippen molar-refractivity contribution in [3.8, 4) is 34.1 Å². The molecule has 37 heavy (non-hydrogen) atoms. The number of para-hydroxylation sites is 1. The zero-order valence-corrected chi connectivity index (χ0v) is 21.8. The molecule has 190 valence electrons. The van der Waals surface area contributed by atoms with E-state index < -0.39 is 0 Å². The summed E-state index contributed by atoms with van der Waals surface area (Å²) < 4.78 is 17.8. The first-order valence-corrected chi connectivity index (χ1v) is 13.1. The van der Waals surface area contributed by atoms with Crippen molar-refractivity contribution in [2.75, 3.05) is 27.3 Å². The van der Waals surface area contributed by atoms with E-state index in [1.165, 1.54) is 31.2 Å². The molecule has 0 amide bonds. The average molecular weight is 494 g/mol. The first-order valence-electron chi connectivity index (χ1n) is 13.1. The SMILES string of the molecule is C=CC(c1cc2cc(OC)ccc2c(Oc2ccccc2)c1-c1ccc(OC)cc1)N1CCCCCC1. The van der Waals surface area contributed by atoms with Gasteiger partial charge in [-0.25, -0.2) is 0 Å². The molecule has 0 radical (unpaired) electrons. The van der Waals surface area contributed by atoms with Crippen LogP contribution in [-0.4, -0.2) is 32.2 Å². The minimum Gasteiger partial charge on any atom is -0.497 e. The van der Waals surface area contributed by atoms with Gasteiger partial charge in [0.25, 0.3) is 0 Å². The van der Waals surface area contributed by atoms with Crippen LogP contribution < -0.4 is 14.2 Å². The first-order chi connectivity index (χ1) is 18.2. The Labute approximate surface area is 220 Å². The number of fused-ring (bicyclic) bond motifs is 1. The summed E-state index contributed by atoms with van der Waals surface area (Å²) in [6, 6.07) is 26.8. The number of ether oxygens (including phenoxy) is 3. The number of methoxy groups -OCH3 is 2. The van der Waals surface area contributed by atoms with Crippen molar-refractivity contribution >= 4 is 10.8 Å². The maximum absolute atomic E-state index is 6.73. The Kier molecular flexibility index (Phi) is 7.76. The number of benzene rings is 4. The van der Waals surface area contributed by atoms with Crippen LogP contribution in [0.15, 0.2) is 91.5 Å². The third-order valence-electron chi connectivity index (χ3n) is 7.25. The summed E-state index contributed by atoms with van der Waals surface area (Å²) in [4.78, 5) is 2.57. The maximum atomic E-state index is 6.73. The molecule has 1 fully saturated rings. The van der Waals surface area contributed by atoms with Gasteiger partial charge in [-0.15, -0.1) is 6.58 Å². The Morgan fingerprint density at radius 1 is 0.757 bits per heavy atom. The Morgan fingerprint density at radius 2 is 1.43 bits per heavy atom. The van der Waals surface area contributed by atoms with Crippen LogP contribution in [0.25, 0.3) is 21.9 Å². The monoisotopic (exact) mass is 493 g/mol. The van der Waals surface area contributed by atoms with Gasteiger partial charge in [0.2, 0.25) is 0 Å². The predicted molar refractivity (Wildman–Crippen MR) is 152 cm³/mol. The van der Waals surface area contributed by atoms with E-state index >= 15 is 0 Å². The van der Waals surface area contributed by atoms with Crippen LogP contribution in [0.5, 0.6) is 23.0 Å². The standard InChI is InChI=1S/C33H35NO3/c1-4-31(34-20-10-5-6-11-21-34)30-23-25-22-28(36-3)18-19-29(25)33(37-27-12-8-7-9-13-27)32(30)24-14-16-26(35-2)17-15-24/h4,7-9,12-19,22-23,31H,1,5-6,10-11,20-21H2,2-3H3. The minimum absolute atomic E-state index is 0.0592. The van der Waals surface area contributed by atoms with Crippen molar-refractivity contribution in [1.82, 2.24) is 4.90 Å². The summed E-state index contributed by atoms with van der Waals surface area (Å²) in [5.74, 6) is 3.30. The molecule has 4 aromatic rings. The van der Waals surface area contributed by atoms with Gasteiger partial charge in [0.15, 0.2) is 0 Å². The van der Waals surface area contributed by atoms with Gasteiger partial charge in [-0.1, -0.05) is 49.2 Å². The lowest BCUT2D eigenvalue weighted by molar-refractivity contribution is 0.241. The third-order valence-corrected chi connectivity index (χ3v) is 7.25. The van der Waals surface area contributed by atoms with Crippen molar-refractivity contribution in [2.45, 2.75) is 31.7 Å². The summed E-state index contributed by atoms with van der Waals surface area (Å²) in [7, 11) is 3.40. The minimum atomic E-state index is 0.0592. The van der Waals surface area contributed by atoms with Gasteiger partial charge >= 0.3 is 0 Å². The molecule has 1 aliphatic heterocycles. The van der Waals surface area contributed by atoms with Crippen molar-refractivity contribution in [2.24, 2.45) is 0 Å². The molecule has 4 aromatic carbocycles. The number of nitrogens with zero attached hydrogens (tertiary/aromatic N) is 1. The van der Waals surface area contributed by atoms with Gasteiger partial charge < -0.3 is 14.2 Å². The summed E-state index contributed by atoms with van der Waals surface area (Å²) in [6.45, 7) is 6.42. The molecule has 4 nitrogen and oxygen atoms in total. The Balaban J connectivity index is 1.79. The number of hydrogen-bond acceptors (Lipinski definition) is 4. The van der Waals surface area contributed by atoms with Crippen LogP contribution in [0.3, 0.4) is 0 Å². The topological polar surface area (TPSA) is 30.9 Å². The Hall–Kier alpha value is -3.76. The predicted octanol–water partition coefficient (Wildman–Crippen LogP) is 8.42. The van der Waals surface area contributed by atoms with Gasteiger partial charge in [0, 0.05) is 10.9 Å². The molecule has 5 rings (SSSR count). The Bertz CT molecular complexity index is 1340. The molecule has 1 aliphatic rings. The summed E-state index contributed by atoms with van der Waals surface area (Å²) in [5.41, 5.74) is 3.35. The van der Waals surface area contributed by atoms with Crippen molar-refractivity contribution in [3.63, 3.8) is 0 Å². The maximum Gasteiger partial charge on any atom is 0.143 e. The fourth-order valence-electron chi connectivity index (χ4n) is 5.35. The van der Waals surface area contributed by atoms with E-state index in [9.17, 15) is 0 Å². The van der Waals surface area contributed by atoms with E-state index in [0.29, 0.717) is 0 Å². The molecule has 1 heterocycles. The third kappa shape index (κ3) is 5.35. The molecule has 1 saturated heterocycles. The lowest BCUT2D eigenvalue weighted by Gasteiger charge is -2.31. The zero-order chi connectivity index (χ0) is 25.6. The second kappa shape index (κ2) is 11.5. The number of hydrogen-bond donors (Lipinski definition) is 0. The lowest BCUT2D eigenvalue weighted by atomic mass is 9.89. The highest BCUT2D eigenvalue weighted by Gasteiger charge is 2.26. The highest BCUT2D eigenvalue weighted by atomic mass is 16.5. The van der Waals surface area contributed by atoms with E-state index in [2.05, 4.69) is 47.9 Å². The molecule has 1 unspecified atom stereocenters. The molecule has 0 spiro atoms. The fraction of sp³-hybridized carbons (Fsp3) is 0.273. The van der Waals surface area contributed by atoms with Gasteiger partial charge in [-0.2, -0.15) is 0 Å². The van der Waals surface area contributed by atoms with Crippen LogP contribution in [0.1, 0.15) is 37.3 Å². The van der Waals surface area contributed by atoms with Crippen molar-refractivity contribution < 1.29 is 14.2 Å². The molecule has 0 bridgehead atoms. The molecule has 0 N–H and O–H groups in total. The van der Waals surface area contributed by atoms with Gasteiger partial charge in [-0.05, 0) is 91.0 Å². The fourth-order valence-corrected chi connectivity index (χ4v) is 5.35. The second-order valence-electron chi connectivity index (χ2n) is 9.53. The molecule has 0 saturated carbocycles. The molecule has 4 heteroatoms. The van der Waals surface area contributed by atoms with E-state index in [0.717, 1.165) is 58.0 Å². The van der Waals surface area contributed by atoms with E-state index in [1.807, 2.05) is 48.5 Å². The second-order valence-corrected chi connectivity index (χ2v) is 9.53. The van der Waals surface area contributed by atoms with E-state index in [1.54, 1.807) is 14.2 Å². The van der Waals surface area contributed by atoms with Gasteiger partial charge in [0.05, 0.1) is 20.3 Å². The quantitative estimate of drug-likeness (QED) is 0.231. The summed E-state index contributed by atoms with van der Waals surface area (Å²) in [6.07, 6.45) is 7.06. The number of likely N-dealkylation sites (tertiary alicyclic amines) is 1. The van der Waals surface area contributed by atoms with Crippen molar-refractivity contribution in [1.29, 1.82) is 0 Å². The normalized spacial score (nSPS) is 15.1.